The fraction of sp³-hybridized carbons (Fsp3) is 0.615. The third kappa shape index (κ3) is 0.976. The van der Waals surface area contributed by atoms with Gasteiger partial charge >= 0.3 is 11.9 Å². The Morgan fingerprint density at radius 3 is 3.00 bits per heavy atom. The predicted molar refractivity (Wildman–Crippen MR) is 58.5 cm³/mol. The Morgan fingerprint density at radius 2 is 2.44 bits per heavy atom. The van der Waals surface area contributed by atoms with E-state index < -0.39 is 23.1 Å². The van der Waals surface area contributed by atoms with Gasteiger partial charge in [-0.15, -0.1) is 0 Å². The first-order chi connectivity index (χ1) is 8.50. The lowest BCUT2D eigenvalue weighted by molar-refractivity contribution is -0.235. The highest BCUT2D eigenvalue weighted by Crippen LogP contribution is 2.68. The zero-order valence-electron chi connectivity index (χ0n) is 10.0. The number of carbonyl (C=O) groups is 2. The maximum atomic E-state index is 12.0. The molecule has 5 heteroatoms. The van der Waals surface area contributed by atoms with Crippen LogP contribution in [-0.2, 0) is 19.1 Å². The van der Waals surface area contributed by atoms with Crippen LogP contribution in [0.3, 0.4) is 0 Å². The molecule has 0 N–H and O–H groups in total. The fourth-order valence-electron chi connectivity index (χ4n) is 3.86. The van der Waals surface area contributed by atoms with Gasteiger partial charge in [-0.1, -0.05) is 13.5 Å². The summed E-state index contributed by atoms with van der Waals surface area (Å²) in [6.07, 6.45) is 2.26. The molecule has 2 saturated carbocycles. The minimum absolute atomic E-state index is 0.0701. The maximum absolute atomic E-state index is 12.0. The van der Waals surface area contributed by atoms with Crippen molar-refractivity contribution in [2.24, 2.45) is 23.2 Å². The number of ether oxygens (including phenoxy) is 2. The highest BCUT2D eigenvalue weighted by atomic mass is 16.7. The second kappa shape index (κ2) is 3.14. The summed E-state index contributed by atoms with van der Waals surface area (Å²) >= 11 is 0. The molecule has 5 atom stereocenters. The molecule has 0 aromatic carbocycles. The third-order valence-corrected chi connectivity index (χ3v) is 4.79. The summed E-state index contributed by atoms with van der Waals surface area (Å²) in [4.78, 5) is 23.5. The van der Waals surface area contributed by atoms with Crippen molar-refractivity contribution in [2.75, 3.05) is 0 Å². The summed E-state index contributed by atoms with van der Waals surface area (Å²) < 4.78 is 10.7. The molecule has 1 aliphatic heterocycles. The van der Waals surface area contributed by atoms with E-state index in [4.69, 9.17) is 9.47 Å². The first-order valence-electron chi connectivity index (χ1n) is 6.00. The first-order valence-corrected chi connectivity index (χ1v) is 6.00. The number of hydrogen-bond donors (Lipinski definition) is 0. The van der Waals surface area contributed by atoms with E-state index in [1.807, 2.05) is 6.92 Å². The Hall–Kier alpha value is -1.83. The SMILES string of the molecule is C=CC(=O)OC12OC(=O)C3(C#N)CC(CC31)C2C. The van der Waals surface area contributed by atoms with Crippen molar-refractivity contribution in [2.45, 2.75) is 25.6 Å². The van der Waals surface area contributed by atoms with E-state index in [1.165, 1.54) is 0 Å². The molecule has 18 heavy (non-hydrogen) atoms. The maximum Gasteiger partial charge on any atom is 0.333 e. The van der Waals surface area contributed by atoms with Crippen LogP contribution >= 0.6 is 0 Å². The lowest BCUT2D eigenvalue weighted by atomic mass is 9.70. The molecule has 94 valence electrons. The molecule has 0 radical (unpaired) electrons. The predicted octanol–water partition coefficient (Wildman–Crippen LogP) is 1.15. The second-order valence-electron chi connectivity index (χ2n) is 5.36. The molecule has 1 saturated heterocycles. The first kappa shape index (κ1) is 11.3. The van der Waals surface area contributed by atoms with Crippen molar-refractivity contribution in [3.05, 3.63) is 12.7 Å². The number of rotatable bonds is 2. The molecule has 0 spiro atoms. The number of fused-ring (bicyclic) bond motifs is 1. The molecule has 2 aliphatic carbocycles. The van der Waals surface area contributed by atoms with Gasteiger partial charge in [-0.3, -0.25) is 4.79 Å². The largest absolute Gasteiger partial charge is 0.421 e. The van der Waals surface area contributed by atoms with Crippen LogP contribution in [0.4, 0.5) is 0 Å². The minimum Gasteiger partial charge on any atom is -0.421 e. The molecule has 5 nitrogen and oxygen atoms in total. The smallest absolute Gasteiger partial charge is 0.333 e. The zero-order chi connectivity index (χ0) is 13.1. The van der Waals surface area contributed by atoms with Crippen LogP contribution in [0.2, 0.25) is 0 Å². The van der Waals surface area contributed by atoms with E-state index in [-0.39, 0.29) is 17.8 Å². The summed E-state index contributed by atoms with van der Waals surface area (Å²) in [5.41, 5.74) is -1.11. The van der Waals surface area contributed by atoms with Gasteiger partial charge in [0.15, 0.2) is 5.41 Å². The molecular weight excluding hydrogens is 234 g/mol. The van der Waals surface area contributed by atoms with Gasteiger partial charge < -0.3 is 9.47 Å². The van der Waals surface area contributed by atoms with E-state index in [2.05, 4.69) is 12.6 Å². The van der Waals surface area contributed by atoms with Crippen LogP contribution in [0.1, 0.15) is 19.8 Å². The van der Waals surface area contributed by atoms with Gasteiger partial charge in [0.05, 0.1) is 12.0 Å². The number of esters is 2. The third-order valence-electron chi connectivity index (χ3n) is 4.79. The number of hydrogen-bond acceptors (Lipinski definition) is 5. The summed E-state index contributed by atoms with van der Waals surface area (Å²) in [7, 11) is 0. The van der Waals surface area contributed by atoms with Crippen molar-refractivity contribution in [1.82, 2.24) is 0 Å². The number of carbonyl (C=O) groups excluding carboxylic acids is 2. The molecule has 3 aliphatic rings. The number of nitrogens with zero attached hydrogens (tertiary/aromatic N) is 1. The van der Waals surface area contributed by atoms with Crippen molar-refractivity contribution in [1.29, 1.82) is 5.26 Å². The topological polar surface area (TPSA) is 76.4 Å². The van der Waals surface area contributed by atoms with Gasteiger partial charge in [0.1, 0.15) is 0 Å². The minimum atomic E-state index is -1.25. The van der Waals surface area contributed by atoms with E-state index >= 15 is 0 Å². The van der Waals surface area contributed by atoms with Crippen LogP contribution in [0, 0.1) is 34.5 Å². The Balaban J connectivity index is 2.06. The van der Waals surface area contributed by atoms with Crippen LogP contribution in [-0.4, -0.2) is 17.7 Å². The van der Waals surface area contributed by atoms with Gasteiger partial charge in [-0.2, -0.15) is 5.26 Å². The molecule has 2 bridgehead atoms. The summed E-state index contributed by atoms with van der Waals surface area (Å²) in [5.74, 6) is -2.62. The van der Waals surface area contributed by atoms with Gasteiger partial charge in [-0.05, 0) is 18.8 Å². The standard InChI is InChI=1S/C13H13NO4/c1-3-10(15)17-13-7(2)8-4-9(13)12(5-8,6-14)11(16)18-13/h3,7-9H,1,4-5H2,2H3. The van der Waals surface area contributed by atoms with Gasteiger partial charge in [-0.25, -0.2) is 4.79 Å². The average molecular weight is 247 g/mol. The Morgan fingerprint density at radius 1 is 1.72 bits per heavy atom. The van der Waals surface area contributed by atoms with E-state index in [1.54, 1.807) is 0 Å². The molecule has 3 rings (SSSR count). The van der Waals surface area contributed by atoms with E-state index in [0.29, 0.717) is 12.8 Å². The summed E-state index contributed by atoms with van der Waals surface area (Å²) in [6.45, 7) is 5.25. The fourth-order valence-corrected chi connectivity index (χ4v) is 3.86. The normalized spacial score (nSPS) is 47.6. The Kier molecular flexibility index (Phi) is 1.96. The van der Waals surface area contributed by atoms with Crippen LogP contribution in [0.15, 0.2) is 12.7 Å². The zero-order valence-corrected chi connectivity index (χ0v) is 10.0. The Labute approximate surface area is 104 Å². The lowest BCUT2D eigenvalue weighted by Gasteiger charge is -2.36. The summed E-state index contributed by atoms with van der Waals surface area (Å²) in [6, 6.07) is 2.09. The van der Waals surface area contributed by atoms with E-state index in [9.17, 15) is 14.9 Å². The van der Waals surface area contributed by atoms with Crippen molar-refractivity contribution < 1.29 is 19.1 Å². The van der Waals surface area contributed by atoms with Gasteiger partial charge in [0, 0.05) is 12.0 Å². The quantitative estimate of drug-likeness (QED) is 0.540. The number of nitriles is 1. The average Bonchev–Trinajstić information content (AvgIpc) is 2.91. The summed E-state index contributed by atoms with van der Waals surface area (Å²) in [5, 5.41) is 9.32. The van der Waals surface area contributed by atoms with Crippen molar-refractivity contribution >= 4 is 11.9 Å². The highest BCUT2D eigenvalue weighted by Gasteiger charge is 2.79. The molecule has 0 amide bonds. The Bertz CT molecular complexity index is 508. The molecule has 5 unspecified atom stereocenters. The monoisotopic (exact) mass is 247 g/mol. The molecule has 0 aromatic heterocycles. The van der Waals surface area contributed by atoms with E-state index in [0.717, 1.165) is 6.08 Å². The molecule has 3 fully saturated rings. The lowest BCUT2D eigenvalue weighted by Crippen LogP contribution is -2.47. The van der Waals surface area contributed by atoms with Gasteiger partial charge in [0.2, 0.25) is 0 Å². The second-order valence-corrected chi connectivity index (χ2v) is 5.36. The molecule has 1 heterocycles. The highest BCUT2D eigenvalue weighted by molar-refractivity contribution is 5.86. The van der Waals surface area contributed by atoms with Crippen LogP contribution < -0.4 is 0 Å². The van der Waals surface area contributed by atoms with Crippen molar-refractivity contribution in [3.8, 4) is 6.07 Å². The molecular formula is C13H13NO4. The molecule has 0 aromatic rings. The van der Waals surface area contributed by atoms with Crippen LogP contribution in [0.25, 0.3) is 0 Å². The van der Waals surface area contributed by atoms with Crippen LogP contribution in [0.5, 0.6) is 0 Å². The van der Waals surface area contributed by atoms with Crippen molar-refractivity contribution in [3.63, 3.8) is 0 Å². The van der Waals surface area contributed by atoms with Gasteiger partial charge in [0.25, 0.3) is 5.79 Å².